The summed E-state index contributed by atoms with van der Waals surface area (Å²) in [4.78, 5) is 24.9. The van der Waals surface area contributed by atoms with Gasteiger partial charge in [0.25, 0.3) is 0 Å². The molecule has 5 aromatic rings. The number of aryl methyl sites for hydroxylation is 1. The molecule has 3 aromatic heterocycles. The highest BCUT2D eigenvalue weighted by atomic mass is 16.5. The number of hydrogen-bond acceptors (Lipinski definition) is 6. The number of morpholine rings is 1. The Labute approximate surface area is 251 Å². The van der Waals surface area contributed by atoms with Gasteiger partial charge in [-0.15, -0.1) is 0 Å². The lowest BCUT2D eigenvalue weighted by Crippen LogP contribution is -2.35. The molecule has 0 atom stereocenters. The summed E-state index contributed by atoms with van der Waals surface area (Å²) in [7, 11) is 0. The number of benzene rings is 2. The highest BCUT2D eigenvalue weighted by Crippen LogP contribution is 2.33. The monoisotopic (exact) mass is 575 g/mol. The van der Waals surface area contributed by atoms with Crippen LogP contribution in [0.1, 0.15) is 37.9 Å². The average molecular weight is 576 g/mol. The minimum Gasteiger partial charge on any atom is -0.379 e. The second-order valence-corrected chi connectivity index (χ2v) is 11.9. The van der Waals surface area contributed by atoms with Crippen LogP contribution in [0.3, 0.4) is 0 Å². The Morgan fingerprint density at radius 1 is 0.907 bits per heavy atom. The second-order valence-electron chi connectivity index (χ2n) is 11.9. The van der Waals surface area contributed by atoms with Gasteiger partial charge in [-0.1, -0.05) is 57.2 Å². The molecule has 2 aromatic carbocycles. The summed E-state index contributed by atoms with van der Waals surface area (Å²) < 4.78 is 7.19. The molecule has 9 heteroatoms. The van der Waals surface area contributed by atoms with Gasteiger partial charge in [-0.25, -0.2) is 9.48 Å². The third kappa shape index (κ3) is 6.43. The van der Waals surface area contributed by atoms with Gasteiger partial charge in [0.15, 0.2) is 0 Å². The molecule has 1 aliphatic rings. The molecule has 6 rings (SSSR count). The van der Waals surface area contributed by atoms with Crippen LogP contribution in [0, 0.1) is 6.92 Å². The number of carbonyl (C=O) groups excluding carboxylic acids is 1. The SMILES string of the molecule is Cc1ccc(-n2nc(C(C)(C)C)cc2NC(=O)Nc2ccc(-c3ccc(CN4CCOCC4)nc3)c3ccccc23)cn1. The Hall–Kier alpha value is -4.60. The predicted octanol–water partition coefficient (Wildman–Crippen LogP) is 6.56. The van der Waals surface area contributed by atoms with Crippen LogP contribution in [0.2, 0.25) is 0 Å². The zero-order chi connectivity index (χ0) is 30.0. The third-order valence-electron chi connectivity index (χ3n) is 7.66. The molecule has 2 N–H and O–H groups in total. The summed E-state index contributed by atoms with van der Waals surface area (Å²) in [5, 5.41) is 12.9. The van der Waals surface area contributed by atoms with Crippen molar-refractivity contribution in [2.45, 2.75) is 39.7 Å². The lowest BCUT2D eigenvalue weighted by atomic mass is 9.92. The number of anilines is 2. The van der Waals surface area contributed by atoms with Crippen molar-refractivity contribution in [1.29, 1.82) is 0 Å². The van der Waals surface area contributed by atoms with Crippen molar-refractivity contribution in [3.8, 4) is 16.8 Å². The zero-order valence-electron chi connectivity index (χ0n) is 25.1. The van der Waals surface area contributed by atoms with E-state index in [0.29, 0.717) is 11.5 Å². The number of nitrogens with zero attached hydrogens (tertiary/aromatic N) is 5. The molecule has 1 aliphatic heterocycles. The molecule has 220 valence electrons. The van der Waals surface area contributed by atoms with Gasteiger partial charge in [0.2, 0.25) is 0 Å². The van der Waals surface area contributed by atoms with Crippen molar-refractivity contribution in [1.82, 2.24) is 24.6 Å². The number of urea groups is 1. The van der Waals surface area contributed by atoms with Crippen molar-refractivity contribution >= 4 is 28.3 Å². The number of aromatic nitrogens is 4. The first-order valence-electron chi connectivity index (χ1n) is 14.6. The van der Waals surface area contributed by atoms with E-state index in [0.717, 1.165) is 77.5 Å². The van der Waals surface area contributed by atoms with Crippen LogP contribution in [-0.4, -0.2) is 57.0 Å². The fraction of sp³-hybridized carbons (Fsp3) is 0.294. The minimum absolute atomic E-state index is 0.197. The summed E-state index contributed by atoms with van der Waals surface area (Å²) in [5.74, 6) is 0.567. The summed E-state index contributed by atoms with van der Waals surface area (Å²) >= 11 is 0. The first kappa shape index (κ1) is 28.5. The van der Waals surface area contributed by atoms with E-state index in [-0.39, 0.29) is 11.4 Å². The molecule has 1 fully saturated rings. The smallest absolute Gasteiger partial charge is 0.324 e. The van der Waals surface area contributed by atoms with Crippen molar-refractivity contribution in [3.63, 3.8) is 0 Å². The number of ether oxygens (including phenoxy) is 1. The van der Waals surface area contributed by atoms with Crippen LogP contribution in [0.25, 0.3) is 27.6 Å². The molecule has 2 amide bonds. The van der Waals surface area contributed by atoms with Gasteiger partial charge in [-0.2, -0.15) is 5.10 Å². The minimum atomic E-state index is -0.353. The van der Waals surface area contributed by atoms with Gasteiger partial charge in [0.05, 0.1) is 42.2 Å². The molecule has 9 nitrogen and oxygen atoms in total. The highest BCUT2D eigenvalue weighted by Gasteiger charge is 2.22. The molecule has 0 saturated carbocycles. The van der Waals surface area contributed by atoms with E-state index in [2.05, 4.69) is 59.5 Å². The Morgan fingerprint density at radius 3 is 2.40 bits per heavy atom. The quantitative estimate of drug-likeness (QED) is 0.238. The summed E-state index contributed by atoms with van der Waals surface area (Å²) in [6.45, 7) is 12.4. The summed E-state index contributed by atoms with van der Waals surface area (Å²) in [6.07, 6.45) is 3.69. The summed E-state index contributed by atoms with van der Waals surface area (Å²) in [6, 6.07) is 21.7. The number of amides is 2. The van der Waals surface area contributed by atoms with Crippen molar-refractivity contribution in [2.75, 3.05) is 36.9 Å². The lowest BCUT2D eigenvalue weighted by Gasteiger charge is -2.26. The Balaban J connectivity index is 1.24. The van der Waals surface area contributed by atoms with Crippen LogP contribution in [0.4, 0.5) is 16.3 Å². The number of hydrogen-bond donors (Lipinski definition) is 2. The number of carbonyl (C=O) groups is 1. The highest BCUT2D eigenvalue weighted by molar-refractivity contribution is 6.09. The second kappa shape index (κ2) is 11.9. The van der Waals surface area contributed by atoms with Gasteiger partial charge in [0, 0.05) is 54.0 Å². The molecule has 0 radical (unpaired) electrons. The van der Waals surface area contributed by atoms with Gasteiger partial charge >= 0.3 is 6.03 Å². The molecular weight excluding hydrogens is 538 g/mol. The number of rotatable bonds is 6. The van der Waals surface area contributed by atoms with E-state index in [1.165, 1.54) is 0 Å². The third-order valence-corrected chi connectivity index (χ3v) is 7.66. The normalized spacial score (nSPS) is 14.1. The molecule has 0 aliphatic carbocycles. The first-order chi connectivity index (χ1) is 20.7. The molecule has 4 heterocycles. The zero-order valence-corrected chi connectivity index (χ0v) is 25.1. The van der Waals surface area contributed by atoms with E-state index in [1.807, 2.05) is 61.7 Å². The van der Waals surface area contributed by atoms with Gasteiger partial charge in [-0.3, -0.25) is 20.2 Å². The fourth-order valence-electron chi connectivity index (χ4n) is 5.21. The maximum absolute atomic E-state index is 13.4. The van der Waals surface area contributed by atoms with Crippen molar-refractivity contribution < 1.29 is 9.53 Å². The molecule has 0 bridgehead atoms. The van der Waals surface area contributed by atoms with Crippen molar-refractivity contribution in [2.24, 2.45) is 0 Å². The van der Waals surface area contributed by atoms with Gasteiger partial charge in [0.1, 0.15) is 5.82 Å². The molecule has 43 heavy (non-hydrogen) atoms. The number of pyridine rings is 2. The topological polar surface area (TPSA) is 97.2 Å². The number of nitrogens with one attached hydrogen (secondary N) is 2. The molecule has 0 unspecified atom stereocenters. The van der Waals surface area contributed by atoms with Crippen LogP contribution in [0.15, 0.2) is 79.1 Å². The van der Waals surface area contributed by atoms with E-state index < -0.39 is 0 Å². The largest absolute Gasteiger partial charge is 0.379 e. The van der Waals surface area contributed by atoms with Crippen molar-refractivity contribution in [3.05, 3.63) is 96.2 Å². The van der Waals surface area contributed by atoms with Crippen LogP contribution >= 0.6 is 0 Å². The van der Waals surface area contributed by atoms with Crippen LogP contribution in [-0.2, 0) is 16.7 Å². The lowest BCUT2D eigenvalue weighted by molar-refractivity contribution is 0.0336. The molecular formula is C34H37N7O2. The maximum atomic E-state index is 13.4. The van der Waals surface area contributed by atoms with Gasteiger partial charge in [-0.05, 0) is 42.1 Å². The average Bonchev–Trinajstić information content (AvgIpc) is 3.43. The van der Waals surface area contributed by atoms with Crippen LogP contribution in [0.5, 0.6) is 0 Å². The Kier molecular flexibility index (Phi) is 7.92. The van der Waals surface area contributed by atoms with E-state index >= 15 is 0 Å². The fourth-order valence-corrected chi connectivity index (χ4v) is 5.21. The molecule has 0 spiro atoms. The van der Waals surface area contributed by atoms with E-state index in [4.69, 9.17) is 14.8 Å². The molecule has 1 saturated heterocycles. The van der Waals surface area contributed by atoms with Gasteiger partial charge < -0.3 is 10.1 Å². The Bertz CT molecular complexity index is 1730. The van der Waals surface area contributed by atoms with E-state index in [1.54, 1.807) is 10.9 Å². The first-order valence-corrected chi connectivity index (χ1v) is 14.6. The Morgan fingerprint density at radius 2 is 1.70 bits per heavy atom. The number of fused-ring (bicyclic) bond motifs is 1. The standard InChI is InChI=1S/C34H37N7O2/c1-23-9-12-26(21-35-23)41-32(19-31(39-41)34(2,3)4)38-33(42)37-30-14-13-27(28-7-5-6-8-29(28)30)24-10-11-25(36-20-24)22-40-15-17-43-18-16-40/h5-14,19-21H,15-18,22H2,1-4H3,(H2,37,38,42). The van der Waals surface area contributed by atoms with Crippen LogP contribution < -0.4 is 10.6 Å². The van der Waals surface area contributed by atoms with E-state index in [9.17, 15) is 4.79 Å². The maximum Gasteiger partial charge on any atom is 0.324 e. The predicted molar refractivity (Wildman–Crippen MR) is 171 cm³/mol. The summed E-state index contributed by atoms with van der Waals surface area (Å²) in [5.41, 5.74) is 6.20.